The van der Waals surface area contributed by atoms with Crippen molar-refractivity contribution in [3.8, 4) is 0 Å². The lowest BCUT2D eigenvalue weighted by Crippen LogP contribution is -2.24. The summed E-state index contributed by atoms with van der Waals surface area (Å²) in [6, 6.07) is 1.79. The normalized spacial score (nSPS) is 14.0. The van der Waals surface area contributed by atoms with E-state index in [4.69, 9.17) is 5.73 Å². The molecular weight excluding hydrogens is 176 g/mol. The lowest BCUT2D eigenvalue weighted by atomic mass is 9.80. The van der Waals surface area contributed by atoms with Gasteiger partial charge in [0.05, 0.1) is 6.10 Å². The van der Waals surface area contributed by atoms with Crippen molar-refractivity contribution in [2.24, 2.45) is 0 Å². The highest BCUT2D eigenvalue weighted by Crippen LogP contribution is 2.31. The van der Waals surface area contributed by atoms with Crippen molar-refractivity contribution in [1.82, 2.24) is 4.98 Å². The van der Waals surface area contributed by atoms with E-state index in [0.717, 1.165) is 11.3 Å². The van der Waals surface area contributed by atoms with Crippen molar-refractivity contribution < 1.29 is 5.11 Å². The first-order valence-corrected chi connectivity index (χ1v) is 4.81. The molecule has 0 aliphatic rings. The predicted octanol–water partition coefficient (Wildman–Crippen LogP) is 1.71. The first kappa shape index (κ1) is 11.0. The van der Waals surface area contributed by atoms with Crippen LogP contribution in [0.4, 0.5) is 5.69 Å². The molecule has 3 nitrogen and oxygen atoms in total. The molecule has 3 heteroatoms. The number of pyridine rings is 1. The molecule has 0 bridgehead atoms. The molecule has 0 aliphatic carbocycles. The number of nitrogens with zero attached hydrogens (tertiary/aromatic N) is 1. The van der Waals surface area contributed by atoms with Crippen LogP contribution in [0.15, 0.2) is 18.5 Å². The summed E-state index contributed by atoms with van der Waals surface area (Å²) in [5.74, 6) is 0. The van der Waals surface area contributed by atoms with Gasteiger partial charge < -0.3 is 10.8 Å². The van der Waals surface area contributed by atoms with E-state index in [1.165, 1.54) is 0 Å². The monoisotopic (exact) mass is 194 g/mol. The number of aliphatic hydroxyl groups is 1. The van der Waals surface area contributed by atoms with Crippen LogP contribution in [0.5, 0.6) is 0 Å². The van der Waals surface area contributed by atoms with Gasteiger partial charge in [0.1, 0.15) is 0 Å². The third-order valence-corrected chi connectivity index (χ3v) is 2.39. The number of nitrogen functional groups attached to an aromatic ring is 1. The van der Waals surface area contributed by atoms with Crippen molar-refractivity contribution in [2.75, 3.05) is 5.73 Å². The lowest BCUT2D eigenvalue weighted by Gasteiger charge is -2.27. The molecular formula is C11H18N2O. The zero-order valence-corrected chi connectivity index (χ0v) is 8.99. The Morgan fingerprint density at radius 3 is 2.71 bits per heavy atom. The van der Waals surface area contributed by atoms with E-state index >= 15 is 0 Å². The number of hydrogen-bond acceptors (Lipinski definition) is 3. The molecule has 0 aliphatic heterocycles. The fraction of sp³-hybridized carbons (Fsp3) is 0.545. The van der Waals surface area contributed by atoms with E-state index in [9.17, 15) is 5.11 Å². The van der Waals surface area contributed by atoms with E-state index in [2.05, 4.69) is 18.8 Å². The highest BCUT2D eigenvalue weighted by Gasteiger charge is 2.24. The Labute approximate surface area is 85.0 Å². The Kier molecular flexibility index (Phi) is 3.11. The van der Waals surface area contributed by atoms with Crippen molar-refractivity contribution in [3.05, 3.63) is 24.0 Å². The third kappa shape index (κ3) is 2.45. The highest BCUT2D eigenvalue weighted by atomic mass is 16.3. The molecule has 3 N–H and O–H groups in total. The first-order chi connectivity index (χ1) is 6.43. The van der Waals surface area contributed by atoms with E-state index in [1.54, 1.807) is 25.4 Å². The van der Waals surface area contributed by atoms with Gasteiger partial charge in [-0.2, -0.15) is 0 Å². The molecule has 0 saturated heterocycles. The Bertz CT molecular complexity index is 308. The van der Waals surface area contributed by atoms with E-state index in [-0.39, 0.29) is 11.5 Å². The zero-order valence-electron chi connectivity index (χ0n) is 8.99. The fourth-order valence-electron chi connectivity index (χ4n) is 1.82. The Hall–Kier alpha value is -1.09. The molecule has 0 fully saturated rings. The zero-order chi connectivity index (χ0) is 10.8. The highest BCUT2D eigenvalue weighted by molar-refractivity contribution is 5.48. The van der Waals surface area contributed by atoms with Crippen LogP contribution < -0.4 is 5.73 Å². The number of nitrogens with two attached hydrogens (primary N) is 1. The summed E-state index contributed by atoms with van der Waals surface area (Å²) >= 11 is 0. The largest absolute Gasteiger partial charge is 0.398 e. The molecule has 1 heterocycles. The summed E-state index contributed by atoms with van der Waals surface area (Å²) in [6.07, 6.45) is 3.81. The van der Waals surface area contributed by atoms with Gasteiger partial charge in [-0.3, -0.25) is 4.98 Å². The summed E-state index contributed by atoms with van der Waals surface area (Å²) in [7, 11) is 0. The Morgan fingerprint density at radius 2 is 2.21 bits per heavy atom. The van der Waals surface area contributed by atoms with Crippen molar-refractivity contribution in [3.63, 3.8) is 0 Å². The quantitative estimate of drug-likeness (QED) is 0.770. The number of anilines is 1. The van der Waals surface area contributed by atoms with Crippen LogP contribution in [0.3, 0.4) is 0 Å². The van der Waals surface area contributed by atoms with Crippen LogP contribution in [0.2, 0.25) is 0 Å². The molecule has 1 unspecified atom stereocenters. The number of aliphatic hydroxyl groups excluding tert-OH is 1. The molecule has 1 aromatic rings. The second-order valence-corrected chi connectivity index (χ2v) is 4.40. The van der Waals surface area contributed by atoms with Gasteiger partial charge >= 0.3 is 0 Å². The molecule has 0 amide bonds. The minimum atomic E-state index is -0.329. The van der Waals surface area contributed by atoms with Gasteiger partial charge in [-0.1, -0.05) is 13.8 Å². The summed E-state index contributed by atoms with van der Waals surface area (Å²) in [4.78, 5) is 4.06. The van der Waals surface area contributed by atoms with Crippen molar-refractivity contribution in [1.29, 1.82) is 0 Å². The second kappa shape index (κ2) is 3.96. The number of rotatable bonds is 3. The molecule has 0 saturated carbocycles. The molecule has 1 aromatic heterocycles. The molecule has 14 heavy (non-hydrogen) atoms. The maximum atomic E-state index is 9.38. The molecule has 78 valence electrons. The third-order valence-electron chi connectivity index (χ3n) is 2.39. The predicted molar refractivity (Wildman–Crippen MR) is 58.0 cm³/mol. The van der Waals surface area contributed by atoms with Crippen LogP contribution in [0.25, 0.3) is 0 Å². The SMILES string of the molecule is CC(O)CC(C)(C)c1cnccc1N. The summed E-state index contributed by atoms with van der Waals surface area (Å²) < 4.78 is 0. The van der Waals surface area contributed by atoms with Gasteiger partial charge in [-0.25, -0.2) is 0 Å². The first-order valence-electron chi connectivity index (χ1n) is 4.81. The van der Waals surface area contributed by atoms with Gasteiger partial charge in [0.25, 0.3) is 0 Å². The average Bonchev–Trinajstić information content (AvgIpc) is 2.02. The molecule has 0 aromatic carbocycles. The average molecular weight is 194 g/mol. The van der Waals surface area contributed by atoms with E-state index in [0.29, 0.717) is 6.42 Å². The van der Waals surface area contributed by atoms with Gasteiger partial charge in [-0.15, -0.1) is 0 Å². The maximum Gasteiger partial charge on any atom is 0.0520 e. The standard InChI is InChI=1S/C11H18N2O/c1-8(14)6-11(2,3)9-7-13-5-4-10(9)12/h4-5,7-8,14H,6H2,1-3H3,(H2,12,13). The molecule has 0 radical (unpaired) electrons. The van der Waals surface area contributed by atoms with Crippen LogP contribution in [0.1, 0.15) is 32.8 Å². The van der Waals surface area contributed by atoms with E-state index < -0.39 is 0 Å². The summed E-state index contributed by atoms with van der Waals surface area (Å²) in [5.41, 5.74) is 7.47. The van der Waals surface area contributed by atoms with Crippen LogP contribution in [-0.2, 0) is 5.41 Å². The van der Waals surface area contributed by atoms with Crippen molar-refractivity contribution >= 4 is 5.69 Å². The smallest absolute Gasteiger partial charge is 0.0520 e. The van der Waals surface area contributed by atoms with Crippen LogP contribution in [0, 0.1) is 0 Å². The lowest BCUT2D eigenvalue weighted by molar-refractivity contribution is 0.157. The van der Waals surface area contributed by atoms with Gasteiger partial charge in [0.15, 0.2) is 0 Å². The fourth-order valence-corrected chi connectivity index (χ4v) is 1.82. The Morgan fingerprint density at radius 1 is 1.57 bits per heavy atom. The number of aromatic nitrogens is 1. The second-order valence-electron chi connectivity index (χ2n) is 4.40. The molecule has 1 atom stereocenters. The molecule has 1 rings (SSSR count). The minimum absolute atomic E-state index is 0.132. The maximum absolute atomic E-state index is 9.38. The summed E-state index contributed by atoms with van der Waals surface area (Å²) in [6.45, 7) is 5.91. The van der Waals surface area contributed by atoms with Crippen LogP contribution >= 0.6 is 0 Å². The summed E-state index contributed by atoms with van der Waals surface area (Å²) in [5, 5.41) is 9.38. The van der Waals surface area contributed by atoms with Gasteiger partial charge in [0, 0.05) is 18.1 Å². The van der Waals surface area contributed by atoms with Gasteiger partial charge in [0.2, 0.25) is 0 Å². The van der Waals surface area contributed by atoms with Crippen molar-refractivity contribution in [2.45, 2.75) is 38.7 Å². The number of hydrogen-bond donors (Lipinski definition) is 2. The van der Waals surface area contributed by atoms with E-state index in [1.807, 2.05) is 0 Å². The minimum Gasteiger partial charge on any atom is -0.398 e. The van der Waals surface area contributed by atoms with Crippen LogP contribution in [-0.4, -0.2) is 16.2 Å². The topological polar surface area (TPSA) is 59.1 Å². The Balaban J connectivity index is 2.97. The molecule has 0 spiro atoms. The van der Waals surface area contributed by atoms with Gasteiger partial charge in [-0.05, 0) is 30.4 Å².